The molecular weight excluding hydrogens is 432 g/mol. The summed E-state index contributed by atoms with van der Waals surface area (Å²) in [5.41, 5.74) is 2.79. The van der Waals surface area contributed by atoms with E-state index in [1.165, 1.54) is 6.07 Å². The molecule has 0 bridgehead atoms. The van der Waals surface area contributed by atoms with Crippen molar-refractivity contribution in [2.45, 2.75) is 19.4 Å². The first-order valence-corrected chi connectivity index (χ1v) is 11.3. The molecular formula is C24H25F2N3O2S. The number of allylic oxidation sites excluding steroid dienone is 2. The number of ether oxygens (including phenoxy) is 1. The van der Waals surface area contributed by atoms with Gasteiger partial charge < -0.3 is 9.30 Å². The fourth-order valence-electron chi connectivity index (χ4n) is 3.51. The third-order valence-corrected chi connectivity index (χ3v) is 5.46. The smallest absolute Gasteiger partial charge is 0.168 e. The second-order valence-electron chi connectivity index (χ2n) is 7.04. The summed E-state index contributed by atoms with van der Waals surface area (Å²) in [6, 6.07) is 10.8. The molecule has 1 aliphatic rings. The molecule has 2 heterocycles. The van der Waals surface area contributed by atoms with E-state index >= 15 is 0 Å². The normalized spacial score (nSPS) is 13.2. The zero-order valence-corrected chi connectivity index (χ0v) is 19.0. The van der Waals surface area contributed by atoms with E-state index in [1.807, 2.05) is 42.1 Å². The molecule has 0 radical (unpaired) electrons. The van der Waals surface area contributed by atoms with Crippen LogP contribution in [0.4, 0.5) is 8.78 Å². The van der Waals surface area contributed by atoms with Crippen LogP contribution in [-0.2, 0) is 11.3 Å². The molecule has 32 heavy (non-hydrogen) atoms. The van der Waals surface area contributed by atoms with Crippen LogP contribution in [0.25, 0.3) is 22.2 Å². The van der Waals surface area contributed by atoms with E-state index in [1.54, 1.807) is 25.1 Å². The fourth-order valence-corrected chi connectivity index (χ4v) is 3.51. The number of methoxy groups -OCH3 is 1. The van der Waals surface area contributed by atoms with Gasteiger partial charge in [-0.3, -0.25) is 14.5 Å². The number of nitrogens with one attached hydrogen (secondary N) is 1. The Morgan fingerprint density at radius 1 is 1.22 bits per heavy atom. The highest BCUT2D eigenvalue weighted by Crippen LogP contribution is 2.33. The first-order chi connectivity index (χ1) is 15.5. The van der Waals surface area contributed by atoms with Crippen molar-refractivity contribution >= 4 is 34.8 Å². The number of aromatic nitrogens is 1. The lowest BCUT2D eigenvalue weighted by Crippen LogP contribution is -2.14. The Kier molecular flexibility index (Phi) is 8.19. The van der Waals surface area contributed by atoms with Crippen molar-refractivity contribution in [1.29, 1.82) is 0 Å². The maximum Gasteiger partial charge on any atom is 0.168 e. The highest BCUT2D eigenvalue weighted by Gasteiger charge is 2.18. The summed E-state index contributed by atoms with van der Waals surface area (Å²) in [5, 5.41) is 0.848. The summed E-state index contributed by atoms with van der Waals surface area (Å²) >= 11 is 1.61. The first kappa shape index (κ1) is 23.7. The van der Waals surface area contributed by atoms with Gasteiger partial charge in [0.15, 0.2) is 6.29 Å². The summed E-state index contributed by atoms with van der Waals surface area (Å²) in [6.07, 6.45) is 5.94. The minimum Gasteiger partial charge on any atom is -0.497 e. The molecule has 0 fully saturated rings. The lowest BCUT2D eigenvalue weighted by Gasteiger charge is -2.15. The second kappa shape index (κ2) is 11.1. The number of rotatable bonds is 6. The van der Waals surface area contributed by atoms with Gasteiger partial charge in [0, 0.05) is 22.2 Å². The van der Waals surface area contributed by atoms with Gasteiger partial charge in [-0.25, -0.2) is 8.78 Å². The number of benzene rings is 2. The van der Waals surface area contributed by atoms with Crippen molar-refractivity contribution in [3.05, 3.63) is 65.9 Å². The van der Waals surface area contributed by atoms with E-state index in [4.69, 9.17) is 4.74 Å². The van der Waals surface area contributed by atoms with E-state index in [9.17, 15) is 13.6 Å². The average molecular weight is 458 g/mol. The van der Waals surface area contributed by atoms with Crippen LogP contribution in [0, 0.1) is 11.6 Å². The SMILES string of the molecule is CNSC.COc1ccc2c(c1)cc(-c1cc(F)ccc1F)n2CC1=NC(C=O)=CCC1. The summed E-state index contributed by atoms with van der Waals surface area (Å²) < 4.78 is 38.4. The van der Waals surface area contributed by atoms with Crippen molar-refractivity contribution in [2.24, 2.45) is 4.99 Å². The minimum absolute atomic E-state index is 0.178. The van der Waals surface area contributed by atoms with E-state index in [2.05, 4.69) is 9.71 Å². The van der Waals surface area contributed by atoms with Crippen molar-refractivity contribution < 1.29 is 18.3 Å². The molecule has 1 N–H and O–H groups in total. The number of carbonyl (C=O) groups excluding carboxylic acids is 1. The monoisotopic (exact) mass is 457 g/mol. The molecule has 3 aromatic rings. The van der Waals surface area contributed by atoms with Crippen LogP contribution in [-0.4, -0.2) is 37.0 Å². The van der Waals surface area contributed by atoms with Crippen LogP contribution in [0.15, 0.2) is 59.2 Å². The summed E-state index contributed by atoms with van der Waals surface area (Å²) in [5.74, 6) is -0.333. The molecule has 0 atom stereocenters. The van der Waals surface area contributed by atoms with Crippen molar-refractivity contribution in [1.82, 2.24) is 9.29 Å². The van der Waals surface area contributed by atoms with Crippen LogP contribution >= 0.6 is 11.9 Å². The molecule has 5 nitrogen and oxygen atoms in total. The van der Waals surface area contributed by atoms with Gasteiger partial charge in [0.2, 0.25) is 0 Å². The Morgan fingerprint density at radius 3 is 2.69 bits per heavy atom. The quantitative estimate of drug-likeness (QED) is 0.398. The summed E-state index contributed by atoms with van der Waals surface area (Å²) in [6.45, 7) is 0.381. The molecule has 168 valence electrons. The number of fused-ring (bicyclic) bond motifs is 1. The van der Waals surface area contributed by atoms with Gasteiger partial charge in [-0.05, 0) is 68.6 Å². The Balaban J connectivity index is 0.000000668. The Morgan fingerprint density at radius 2 is 2.00 bits per heavy atom. The van der Waals surface area contributed by atoms with Gasteiger partial charge in [-0.1, -0.05) is 18.0 Å². The van der Waals surface area contributed by atoms with E-state index < -0.39 is 11.6 Å². The van der Waals surface area contributed by atoms with Gasteiger partial charge >= 0.3 is 0 Å². The number of aliphatic imine (C=N–C) groups is 1. The Labute approximate surface area is 190 Å². The summed E-state index contributed by atoms with van der Waals surface area (Å²) in [7, 11) is 3.47. The molecule has 0 saturated heterocycles. The Bertz CT molecular complexity index is 1170. The number of hydrogen-bond donors (Lipinski definition) is 1. The molecule has 4 rings (SSSR count). The van der Waals surface area contributed by atoms with Crippen LogP contribution in [0.5, 0.6) is 5.75 Å². The molecule has 0 spiro atoms. The highest BCUT2D eigenvalue weighted by molar-refractivity contribution is 7.96. The van der Waals surface area contributed by atoms with Crippen LogP contribution in [0.3, 0.4) is 0 Å². The van der Waals surface area contributed by atoms with E-state index in [0.717, 1.165) is 41.5 Å². The lowest BCUT2D eigenvalue weighted by atomic mass is 10.1. The van der Waals surface area contributed by atoms with Crippen molar-refractivity contribution in [3.8, 4) is 17.0 Å². The lowest BCUT2D eigenvalue weighted by molar-refractivity contribution is -0.105. The van der Waals surface area contributed by atoms with Crippen LogP contribution in [0.2, 0.25) is 0 Å². The Hall–Kier alpha value is -2.97. The first-order valence-electron chi connectivity index (χ1n) is 10.0. The number of aldehydes is 1. The zero-order chi connectivity index (χ0) is 23.1. The molecule has 1 aliphatic heterocycles. The van der Waals surface area contributed by atoms with Crippen molar-refractivity contribution in [3.63, 3.8) is 0 Å². The number of hydrogen-bond acceptors (Lipinski definition) is 5. The molecule has 8 heteroatoms. The highest BCUT2D eigenvalue weighted by atomic mass is 32.2. The van der Waals surface area contributed by atoms with Gasteiger partial charge in [-0.2, -0.15) is 0 Å². The van der Waals surface area contributed by atoms with Crippen molar-refractivity contribution in [2.75, 3.05) is 20.4 Å². The zero-order valence-electron chi connectivity index (χ0n) is 18.2. The van der Waals surface area contributed by atoms with Gasteiger partial charge in [-0.15, -0.1) is 0 Å². The molecule has 2 aromatic carbocycles. The molecule has 1 aromatic heterocycles. The van der Waals surface area contributed by atoms with Gasteiger partial charge in [0.25, 0.3) is 0 Å². The molecule has 0 saturated carbocycles. The van der Waals surface area contributed by atoms with Gasteiger partial charge in [0.1, 0.15) is 17.4 Å². The number of nitrogens with zero attached hydrogens (tertiary/aromatic N) is 2. The van der Waals surface area contributed by atoms with Gasteiger partial charge in [0.05, 0.1) is 25.0 Å². The third-order valence-electron chi connectivity index (χ3n) is 5.05. The third kappa shape index (κ3) is 5.44. The maximum atomic E-state index is 14.5. The van der Waals surface area contributed by atoms with E-state index in [-0.39, 0.29) is 5.56 Å². The van der Waals surface area contributed by atoms with Crippen LogP contribution < -0.4 is 9.46 Å². The maximum absolute atomic E-state index is 14.5. The topological polar surface area (TPSA) is 55.6 Å². The van der Waals surface area contributed by atoms with E-state index in [0.29, 0.717) is 30.1 Å². The molecule has 0 aliphatic carbocycles. The average Bonchev–Trinajstić information content (AvgIpc) is 3.18. The predicted octanol–water partition coefficient (Wildman–Crippen LogP) is 5.40. The predicted molar refractivity (Wildman–Crippen MR) is 127 cm³/mol. The summed E-state index contributed by atoms with van der Waals surface area (Å²) in [4.78, 5) is 15.5. The number of halogens is 2. The molecule has 0 amide bonds. The van der Waals surface area contributed by atoms with Crippen LogP contribution in [0.1, 0.15) is 12.8 Å². The molecule has 0 unspecified atom stereocenters. The minimum atomic E-state index is -0.507. The number of carbonyl (C=O) groups is 1. The second-order valence-corrected chi connectivity index (χ2v) is 7.85. The standard InChI is InChI=1S/C22H18F2N2O2.C2H7NS/c1-28-18-6-8-21-14(9-18)10-22(19-11-15(23)5-7-20(19)24)26(21)12-16-3-2-4-17(13-27)25-16;1-3-4-2/h4-11,13H,2-3,12H2,1H3;3H,1-2H3. The fraction of sp³-hybridized carbons (Fsp3) is 0.250. The largest absolute Gasteiger partial charge is 0.497 e.